The Labute approximate surface area is 137 Å². The summed E-state index contributed by atoms with van der Waals surface area (Å²) in [4.78, 5) is 0. The Kier molecular flexibility index (Phi) is 10.2. The molecule has 0 unspecified atom stereocenters. The summed E-state index contributed by atoms with van der Waals surface area (Å²) in [5.74, 6) is 0.786. The average molecular weight is 346 g/mol. The lowest BCUT2D eigenvalue weighted by molar-refractivity contribution is 0.356. The second kappa shape index (κ2) is 10.1. The number of piperidine rings is 1. The summed E-state index contributed by atoms with van der Waals surface area (Å²) in [6.45, 7) is 4.14. The largest absolute Gasteiger partial charge is 0.317 e. The van der Waals surface area contributed by atoms with Crippen molar-refractivity contribution in [2.24, 2.45) is 5.92 Å². The van der Waals surface area contributed by atoms with E-state index in [0.29, 0.717) is 0 Å². The van der Waals surface area contributed by atoms with Gasteiger partial charge in [0.05, 0.1) is 0 Å². The SMILES string of the molecule is Cl.Cl.Clc1ccc(Cl)c(CNCC2CCNCC2)c1. The van der Waals surface area contributed by atoms with E-state index in [-0.39, 0.29) is 24.8 Å². The van der Waals surface area contributed by atoms with Crippen molar-refractivity contribution in [3.8, 4) is 0 Å². The zero-order valence-electron chi connectivity index (χ0n) is 10.6. The number of benzene rings is 1. The monoisotopic (exact) mass is 344 g/mol. The summed E-state index contributed by atoms with van der Waals surface area (Å²) in [6.07, 6.45) is 2.52. The van der Waals surface area contributed by atoms with Gasteiger partial charge in [0.15, 0.2) is 0 Å². The van der Waals surface area contributed by atoms with Gasteiger partial charge in [-0.05, 0) is 62.2 Å². The molecule has 0 saturated carbocycles. The van der Waals surface area contributed by atoms with Crippen molar-refractivity contribution >= 4 is 48.0 Å². The van der Waals surface area contributed by atoms with Gasteiger partial charge < -0.3 is 10.6 Å². The maximum Gasteiger partial charge on any atom is 0.0451 e. The highest BCUT2D eigenvalue weighted by molar-refractivity contribution is 6.33. The fraction of sp³-hybridized carbons (Fsp3) is 0.538. The van der Waals surface area contributed by atoms with Crippen LogP contribution in [-0.4, -0.2) is 19.6 Å². The minimum Gasteiger partial charge on any atom is -0.317 e. The van der Waals surface area contributed by atoms with E-state index in [4.69, 9.17) is 23.2 Å². The van der Waals surface area contributed by atoms with E-state index in [1.807, 2.05) is 18.2 Å². The molecule has 1 heterocycles. The van der Waals surface area contributed by atoms with Gasteiger partial charge in [-0.25, -0.2) is 0 Å². The topological polar surface area (TPSA) is 24.1 Å². The van der Waals surface area contributed by atoms with Crippen LogP contribution in [0.5, 0.6) is 0 Å². The molecule has 2 nitrogen and oxygen atoms in total. The first-order valence-corrected chi connectivity index (χ1v) is 6.86. The first kappa shape index (κ1) is 19.3. The van der Waals surface area contributed by atoms with Crippen molar-refractivity contribution in [2.75, 3.05) is 19.6 Å². The van der Waals surface area contributed by atoms with Gasteiger partial charge in [-0.15, -0.1) is 24.8 Å². The third kappa shape index (κ3) is 6.52. The number of hydrogen-bond acceptors (Lipinski definition) is 2. The van der Waals surface area contributed by atoms with Crippen LogP contribution in [-0.2, 0) is 6.54 Å². The van der Waals surface area contributed by atoms with E-state index in [9.17, 15) is 0 Å². The summed E-state index contributed by atoms with van der Waals surface area (Å²) in [7, 11) is 0. The molecule has 0 aromatic heterocycles. The van der Waals surface area contributed by atoms with Gasteiger partial charge in [0.1, 0.15) is 0 Å². The Morgan fingerprint density at radius 1 is 1.16 bits per heavy atom. The first-order valence-electron chi connectivity index (χ1n) is 6.11. The van der Waals surface area contributed by atoms with Crippen LogP contribution in [0.25, 0.3) is 0 Å². The van der Waals surface area contributed by atoms with E-state index >= 15 is 0 Å². The van der Waals surface area contributed by atoms with Crippen LogP contribution in [0.2, 0.25) is 10.0 Å². The van der Waals surface area contributed by atoms with Gasteiger partial charge in [0.2, 0.25) is 0 Å². The predicted molar refractivity (Wildman–Crippen MR) is 88.3 cm³/mol. The van der Waals surface area contributed by atoms with Gasteiger partial charge in [0.25, 0.3) is 0 Å². The summed E-state index contributed by atoms with van der Waals surface area (Å²) < 4.78 is 0. The van der Waals surface area contributed by atoms with Gasteiger partial charge in [-0.3, -0.25) is 0 Å². The third-order valence-electron chi connectivity index (χ3n) is 3.21. The Morgan fingerprint density at radius 2 is 1.84 bits per heavy atom. The maximum absolute atomic E-state index is 6.11. The predicted octanol–water partition coefficient (Wildman–Crippen LogP) is 3.93. The second-order valence-corrected chi connectivity index (χ2v) is 5.40. The summed E-state index contributed by atoms with van der Waals surface area (Å²) in [5, 5.41) is 8.37. The highest BCUT2D eigenvalue weighted by atomic mass is 35.5. The normalized spacial score (nSPS) is 15.5. The second-order valence-electron chi connectivity index (χ2n) is 4.56. The molecule has 1 aliphatic rings. The van der Waals surface area contributed by atoms with Gasteiger partial charge in [-0.2, -0.15) is 0 Å². The summed E-state index contributed by atoms with van der Waals surface area (Å²) >= 11 is 12.1. The molecule has 0 spiro atoms. The van der Waals surface area contributed by atoms with Gasteiger partial charge in [0, 0.05) is 16.6 Å². The Bertz CT molecular complexity index is 368. The molecule has 1 aromatic carbocycles. The molecule has 2 rings (SSSR count). The van der Waals surface area contributed by atoms with Crippen molar-refractivity contribution in [3.63, 3.8) is 0 Å². The lowest BCUT2D eigenvalue weighted by Gasteiger charge is -2.22. The van der Waals surface area contributed by atoms with Crippen LogP contribution in [0.1, 0.15) is 18.4 Å². The molecule has 1 aromatic rings. The number of nitrogens with one attached hydrogen (secondary N) is 2. The fourth-order valence-corrected chi connectivity index (χ4v) is 2.55. The van der Waals surface area contributed by atoms with E-state index in [1.54, 1.807) is 0 Å². The minimum absolute atomic E-state index is 0. The van der Waals surface area contributed by atoms with E-state index in [0.717, 1.165) is 47.7 Å². The Balaban J connectivity index is 0.00000162. The molecule has 0 aliphatic carbocycles. The van der Waals surface area contributed by atoms with Crippen LogP contribution in [0, 0.1) is 5.92 Å². The quantitative estimate of drug-likeness (QED) is 0.864. The summed E-state index contributed by atoms with van der Waals surface area (Å²) in [6, 6.07) is 5.60. The van der Waals surface area contributed by atoms with Gasteiger partial charge >= 0.3 is 0 Å². The van der Waals surface area contributed by atoms with Crippen LogP contribution in [0.3, 0.4) is 0 Å². The fourth-order valence-electron chi connectivity index (χ4n) is 2.18. The molecule has 0 bridgehead atoms. The van der Waals surface area contributed by atoms with E-state index < -0.39 is 0 Å². The molecule has 1 saturated heterocycles. The van der Waals surface area contributed by atoms with E-state index in [2.05, 4.69) is 10.6 Å². The molecule has 0 atom stereocenters. The molecule has 6 heteroatoms. The standard InChI is InChI=1S/C13H18Cl2N2.2ClH/c14-12-1-2-13(15)11(7-12)9-17-8-10-3-5-16-6-4-10;;/h1-2,7,10,16-17H,3-6,8-9H2;2*1H. The highest BCUT2D eigenvalue weighted by Crippen LogP contribution is 2.20. The van der Waals surface area contributed by atoms with Crippen molar-refractivity contribution < 1.29 is 0 Å². The zero-order chi connectivity index (χ0) is 12.1. The van der Waals surface area contributed by atoms with Crippen molar-refractivity contribution in [1.82, 2.24) is 10.6 Å². The van der Waals surface area contributed by atoms with Crippen LogP contribution in [0.15, 0.2) is 18.2 Å². The smallest absolute Gasteiger partial charge is 0.0451 e. The molecular weight excluding hydrogens is 326 g/mol. The van der Waals surface area contributed by atoms with E-state index in [1.165, 1.54) is 12.8 Å². The summed E-state index contributed by atoms with van der Waals surface area (Å²) in [5.41, 5.74) is 1.08. The van der Waals surface area contributed by atoms with Crippen LogP contribution in [0.4, 0.5) is 0 Å². The minimum atomic E-state index is 0. The Hall–Kier alpha value is 0.300. The lowest BCUT2D eigenvalue weighted by Crippen LogP contribution is -2.33. The van der Waals surface area contributed by atoms with Gasteiger partial charge in [-0.1, -0.05) is 23.2 Å². The molecule has 2 N–H and O–H groups in total. The molecule has 0 radical (unpaired) electrons. The third-order valence-corrected chi connectivity index (χ3v) is 3.82. The number of halogens is 4. The molecule has 1 aliphatic heterocycles. The Morgan fingerprint density at radius 3 is 2.53 bits per heavy atom. The number of rotatable bonds is 4. The van der Waals surface area contributed by atoms with Crippen molar-refractivity contribution in [3.05, 3.63) is 33.8 Å². The first-order chi connectivity index (χ1) is 8.25. The van der Waals surface area contributed by atoms with Crippen molar-refractivity contribution in [2.45, 2.75) is 19.4 Å². The maximum atomic E-state index is 6.11. The van der Waals surface area contributed by atoms with Crippen LogP contribution >= 0.6 is 48.0 Å². The molecule has 1 fully saturated rings. The molecule has 19 heavy (non-hydrogen) atoms. The highest BCUT2D eigenvalue weighted by Gasteiger charge is 2.12. The lowest BCUT2D eigenvalue weighted by atomic mass is 9.98. The van der Waals surface area contributed by atoms with Crippen molar-refractivity contribution in [1.29, 1.82) is 0 Å². The van der Waals surface area contributed by atoms with Crippen LogP contribution < -0.4 is 10.6 Å². The molecular formula is C13H20Cl4N2. The zero-order valence-corrected chi connectivity index (χ0v) is 13.8. The molecule has 0 amide bonds. The molecule has 110 valence electrons. The average Bonchev–Trinajstić information content (AvgIpc) is 2.35. The number of hydrogen-bond donors (Lipinski definition) is 2.